The molecule has 0 spiro atoms. The van der Waals surface area contributed by atoms with Crippen LogP contribution in [0.25, 0.3) is 0 Å². The van der Waals surface area contributed by atoms with Crippen molar-refractivity contribution in [2.45, 2.75) is 25.7 Å². The molecule has 0 aliphatic carbocycles. The lowest BCUT2D eigenvalue weighted by Gasteiger charge is -2.13. The van der Waals surface area contributed by atoms with Crippen molar-refractivity contribution in [3.8, 4) is 0 Å². The third kappa shape index (κ3) is 3.41. The van der Waals surface area contributed by atoms with E-state index in [2.05, 4.69) is 5.16 Å². The second-order valence-electron chi connectivity index (χ2n) is 3.90. The molecule has 0 aromatic heterocycles. The van der Waals surface area contributed by atoms with Crippen molar-refractivity contribution >= 4 is 17.5 Å². The molecule has 0 saturated heterocycles. The zero-order valence-electron chi connectivity index (χ0n) is 10.0. The molecule has 5 nitrogen and oxygen atoms in total. The highest BCUT2D eigenvalue weighted by Crippen LogP contribution is 2.23. The van der Waals surface area contributed by atoms with E-state index >= 15 is 0 Å². The number of nitrogens with zero attached hydrogens (tertiary/aromatic N) is 1. The van der Waals surface area contributed by atoms with Crippen molar-refractivity contribution in [1.29, 1.82) is 0 Å². The fourth-order valence-corrected chi connectivity index (χ4v) is 1.76. The number of oxime groups is 1. The van der Waals surface area contributed by atoms with E-state index < -0.39 is 17.5 Å². The first-order valence-corrected chi connectivity index (χ1v) is 5.63. The molecular formula is C13H15NO4. The minimum Gasteiger partial charge on any atom is -0.476 e. The van der Waals surface area contributed by atoms with Gasteiger partial charge < -0.3 is 10.3 Å². The molecule has 0 aliphatic rings. The van der Waals surface area contributed by atoms with Gasteiger partial charge in [0, 0.05) is 6.42 Å². The lowest BCUT2D eigenvalue weighted by molar-refractivity contribution is -0.130. The highest BCUT2D eigenvalue weighted by molar-refractivity contribution is 6.63. The predicted molar refractivity (Wildman–Crippen MR) is 66.0 cm³/mol. The molecular weight excluding hydrogens is 234 g/mol. The molecule has 0 radical (unpaired) electrons. The van der Waals surface area contributed by atoms with Crippen LogP contribution < -0.4 is 0 Å². The second kappa shape index (κ2) is 6.54. The number of carboxylic acids is 1. The smallest absolute Gasteiger partial charge is 0.361 e. The van der Waals surface area contributed by atoms with Crippen LogP contribution in [0.1, 0.15) is 31.2 Å². The molecule has 1 rings (SSSR count). The molecule has 0 fully saturated rings. The third-order valence-electron chi connectivity index (χ3n) is 2.76. The standard InChI is InChI=1S/C13H15NO4/c1-2-9(10-6-4-3-5-7-10)8-11(15)12(14-18)13(16)17/h3-7,9,18H,2,8H2,1H3,(H,16,17). The van der Waals surface area contributed by atoms with E-state index in [0.717, 1.165) is 5.56 Å². The molecule has 96 valence electrons. The van der Waals surface area contributed by atoms with E-state index in [1.54, 1.807) is 0 Å². The number of Topliss-reactive ketones (excluding diaryl/α,β-unsaturated/α-hetero) is 1. The fraction of sp³-hybridized carbons (Fsp3) is 0.308. The highest BCUT2D eigenvalue weighted by Gasteiger charge is 2.23. The average molecular weight is 249 g/mol. The summed E-state index contributed by atoms with van der Waals surface area (Å²) >= 11 is 0. The van der Waals surface area contributed by atoms with Crippen LogP contribution >= 0.6 is 0 Å². The van der Waals surface area contributed by atoms with Gasteiger partial charge in [0.05, 0.1) is 0 Å². The third-order valence-corrected chi connectivity index (χ3v) is 2.76. The van der Waals surface area contributed by atoms with Crippen molar-refractivity contribution in [2.24, 2.45) is 5.16 Å². The molecule has 5 heteroatoms. The number of rotatable bonds is 6. The van der Waals surface area contributed by atoms with Crippen molar-refractivity contribution in [3.05, 3.63) is 35.9 Å². The summed E-state index contributed by atoms with van der Waals surface area (Å²) in [6.07, 6.45) is 0.723. The predicted octanol–water partition coefficient (Wildman–Crippen LogP) is 2.05. The largest absolute Gasteiger partial charge is 0.476 e. The minimum atomic E-state index is -1.51. The number of aliphatic carboxylic acids is 1. The first-order valence-electron chi connectivity index (χ1n) is 5.63. The van der Waals surface area contributed by atoms with Crippen molar-refractivity contribution in [3.63, 3.8) is 0 Å². The van der Waals surface area contributed by atoms with E-state index in [1.807, 2.05) is 37.3 Å². The Labute approximate surface area is 105 Å². The molecule has 2 N–H and O–H groups in total. The number of benzene rings is 1. The number of hydrogen-bond donors (Lipinski definition) is 2. The molecule has 1 aromatic rings. The van der Waals surface area contributed by atoms with Gasteiger partial charge in [0.15, 0.2) is 5.78 Å². The van der Waals surface area contributed by atoms with Gasteiger partial charge in [-0.25, -0.2) is 4.79 Å². The molecule has 18 heavy (non-hydrogen) atoms. The van der Waals surface area contributed by atoms with Gasteiger partial charge in [0.25, 0.3) is 0 Å². The van der Waals surface area contributed by atoms with Crippen LogP contribution in [-0.4, -0.2) is 27.8 Å². The summed E-state index contributed by atoms with van der Waals surface area (Å²) in [5.74, 6) is -2.25. The summed E-state index contributed by atoms with van der Waals surface area (Å²) < 4.78 is 0. The molecule has 1 atom stereocenters. The Bertz CT molecular complexity index is 453. The van der Waals surface area contributed by atoms with Crippen molar-refractivity contribution in [2.75, 3.05) is 0 Å². The van der Waals surface area contributed by atoms with Gasteiger partial charge in [-0.2, -0.15) is 0 Å². The first-order chi connectivity index (χ1) is 8.60. The van der Waals surface area contributed by atoms with E-state index in [9.17, 15) is 9.59 Å². The van der Waals surface area contributed by atoms with Crippen LogP contribution in [0, 0.1) is 0 Å². The van der Waals surface area contributed by atoms with Crippen LogP contribution in [-0.2, 0) is 9.59 Å². The Kier molecular flexibility index (Phi) is 5.05. The molecule has 0 bridgehead atoms. The van der Waals surface area contributed by atoms with Gasteiger partial charge in [-0.3, -0.25) is 4.79 Å². The summed E-state index contributed by atoms with van der Waals surface area (Å²) in [5.41, 5.74) is 0.153. The van der Waals surface area contributed by atoms with Gasteiger partial charge in [0.2, 0.25) is 5.71 Å². The van der Waals surface area contributed by atoms with Crippen molar-refractivity contribution < 1.29 is 19.9 Å². The Balaban J connectivity index is 2.82. The van der Waals surface area contributed by atoms with Crippen LogP contribution in [0.3, 0.4) is 0 Å². The van der Waals surface area contributed by atoms with Gasteiger partial charge in [-0.05, 0) is 17.9 Å². The Morgan fingerprint density at radius 1 is 1.28 bits per heavy atom. The number of hydrogen-bond acceptors (Lipinski definition) is 4. The molecule has 1 unspecified atom stereocenters. The number of carbonyl (C=O) groups excluding carboxylic acids is 1. The first kappa shape index (κ1) is 13.9. The average Bonchev–Trinajstić information content (AvgIpc) is 2.37. The molecule has 1 aromatic carbocycles. The maximum atomic E-state index is 11.7. The van der Waals surface area contributed by atoms with Gasteiger partial charge >= 0.3 is 5.97 Å². The van der Waals surface area contributed by atoms with Crippen LogP contribution in [0.15, 0.2) is 35.5 Å². The number of carbonyl (C=O) groups is 2. The zero-order valence-corrected chi connectivity index (χ0v) is 10.0. The summed E-state index contributed by atoms with van der Waals surface area (Å²) in [4.78, 5) is 22.4. The summed E-state index contributed by atoms with van der Waals surface area (Å²) in [6.45, 7) is 1.92. The monoisotopic (exact) mass is 249 g/mol. The normalized spacial score (nSPS) is 13.1. The number of ketones is 1. The SMILES string of the molecule is CCC(CC(=O)C(=NO)C(=O)O)c1ccccc1. The Morgan fingerprint density at radius 3 is 2.33 bits per heavy atom. The van der Waals surface area contributed by atoms with E-state index in [-0.39, 0.29) is 12.3 Å². The van der Waals surface area contributed by atoms with Crippen LogP contribution in [0.5, 0.6) is 0 Å². The maximum Gasteiger partial charge on any atom is 0.361 e. The summed E-state index contributed by atoms with van der Waals surface area (Å²) in [6, 6.07) is 9.37. The molecule has 0 saturated carbocycles. The lowest BCUT2D eigenvalue weighted by atomic mass is 9.90. The van der Waals surface area contributed by atoms with Gasteiger partial charge in [-0.15, -0.1) is 0 Å². The maximum absolute atomic E-state index is 11.7. The lowest BCUT2D eigenvalue weighted by Crippen LogP contribution is -2.25. The minimum absolute atomic E-state index is 0.0200. The Morgan fingerprint density at radius 2 is 1.89 bits per heavy atom. The summed E-state index contributed by atoms with van der Waals surface area (Å²) in [7, 11) is 0. The van der Waals surface area contributed by atoms with Gasteiger partial charge in [0.1, 0.15) is 0 Å². The molecule has 0 aliphatic heterocycles. The van der Waals surface area contributed by atoms with E-state index in [1.165, 1.54) is 0 Å². The number of carboxylic acid groups (broad SMARTS) is 1. The topological polar surface area (TPSA) is 87.0 Å². The van der Waals surface area contributed by atoms with E-state index in [4.69, 9.17) is 10.3 Å². The molecule has 0 heterocycles. The highest BCUT2D eigenvalue weighted by atomic mass is 16.4. The zero-order chi connectivity index (χ0) is 13.5. The fourth-order valence-electron chi connectivity index (χ4n) is 1.76. The van der Waals surface area contributed by atoms with Crippen molar-refractivity contribution in [1.82, 2.24) is 0 Å². The molecule has 0 amide bonds. The summed E-state index contributed by atoms with van der Waals surface area (Å²) in [5, 5.41) is 19.7. The quantitative estimate of drug-likeness (QED) is 0.349. The Hall–Kier alpha value is -2.17. The second-order valence-corrected chi connectivity index (χ2v) is 3.90. The van der Waals surface area contributed by atoms with Crippen LogP contribution in [0.4, 0.5) is 0 Å². The van der Waals surface area contributed by atoms with E-state index in [0.29, 0.717) is 6.42 Å². The van der Waals surface area contributed by atoms with Gasteiger partial charge in [-0.1, -0.05) is 42.4 Å². The van der Waals surface area contributed by atoms with Crippen LogP contribution in [0.2, 0.25) is 0 Å².